The van der Waals surface area contributed by atoms with Crippen molar-refractivity contribution in [2.45, 2.75) is 19.6 Å². The molecule has 0 aliphatic heterocycles. The number of alkyl halides is 3. The van der Waals surface area contributed by atoms with Crippen molar-refractivity contribution < 1.29 is 13.2 Å². The third-order valence-electron chi connectivity index (χ3n) is 2.69. The largest absolute Gasteiger partial charge is 0.433 e. The molecule has 20 heavy (non-hydrogen) atoms. The van der Waals surface area contributed by atoms with Gasteiger partial charge in [-0.25, -0.2) is 4.98 Å². The van der Waals surface area contributed by atoms with E-state index in [0.717, 1.165) is 23.4 Å². The Labute approximate surface area is 112 Å². The molecule has 0 saturated heterocycles. The Kier molecular flexibility index (Phi) is 3.61. The number of hydrogen-bond donors (Lipinski definition) is 2. The first-order valence-corrected chi connectivity index (χ1v) is 5.63. The lowest BCUT2D eigenvalue weighted by Gasteiger charge is -2.10. The lowest BCUT2D eigenvalue weighted by molar-refractivity contribution is -0.141. The van der Waals surface area contributed by atoms with Gasteiger partial charge in [-0.15, -0.1) is 0 Å². The van der Waals surface area contributed by atoms with Gasteiger partial charge in [-0.2, -0.15) is 23.5 Å². The second kappa shape index (κ2) is 5.21. The number of aryl methyl sites for hydroxylation is 1. The number of pyridine rings is 1. The zero-order valence-electron chi connectivity index (χ0n) is 10.4. The average Bonchev–Trinajstić information content (AvgIpc) is 2.80. The zero-order valence-corrected chi connectivity index (χ0v) is 10.4. The minimum absolute atomic E-state index is 0.0548. The molecule has 0 aromatic carbocycles. The molecule has 104 valence electrons. The Morgan fingerprint density at radius 3 is 2.70 bits per heavy atom. The average molecular weight is 281 g/mol. The monoisotopic (exact) mass is 281 g/mol. The number of nitrogens with zero attached hydrogens (tertiary/aromatic N) is 3. The summed E-state index contributed by atoms with van der Waals surface area (Å²) in [5.74, 6) is -0.0945. The van der Waals surface area contributed by atoms with E-state index in [4.69, 9.17) is 5.26 Å². The predicted molar refractivity (Wildman–Crippen MR) is 64.6 cm³/mol. The minimum Gasteiger partial charge on any atom is -0.365 e. The van der Waals surface area contributed by atoms with Crippen molar-refractivity contribution in [3.63, 3.8) is 0 Å². The highest BCUT2D eigenvalue weighted by Gasteiger charge is 2.33. The summed E-state index contributed by atoms with van der Waals surface area (Å²) in [5.41, 5.74) is 0.596. The topological polar surface area (TPSA) is 77.4 Å². The van der Waals surface area contributed by atoms with Crippen molar-refractivity contribution in [1.82, 2.24) is 15.2 Å². The molecule has 2 N–H and O–H groups in total. The molecule has 0 aliphatic carbocycles. The lowest BCUT2D eigenvalue weighted by atomic mass is 10.2. The molecule has 8 heteroatoms. The van der Waals surface area contributed by atoms with Crippen molar-refractivity contribution in [3.05, 3.63) is 40.8 Å². The number of anilines is 1. The van der Waals surface area contributed by atoms with Crippen molar-refractivity contribution in [2.75, 3.05) is 5.32 Å². The normalized spacial score (nSPS) is 11.2. The third kappa shape index (κ3) is 2.88. The maximum Gasteiger partial charge on any atom is 0.433 e. The first-order chi connectivity index (χ1) is 9.41. The zero-order chi connectivity index (χ0) is 14.8. The summed E-state index contributed by atoms with van der Waals surface area (Å²) in [4.78, 5) is 3.45. The second-order valence-corrected chi connectivity index (χ2v) is 4.08. The highest BCUT2D eigenvalue weighted by Crippen LogP contribution is 2.29. The second-order valence-electron chi connectivity index (χ2n) is 4.08. The van der Waals surface area contributed by atoms with Crippen molar-refractivity contribution in [2.24, 2.45) is 0 Å². The molecule has 0 bridgehead atoms. The van der Waals surface area contributed by atoms with Crippen molar-refractivity contribution in [3.8, 4) is 6.07 Å². The Morgan fingerprint density at radius 1 is 1.40 bits per heavy atom. The first kappa shape index (κ1) is 13.9. The Hall–Kier alpha value is -2.56. The predicted octanol–water partition coefficient (Wildman–Crippen LogP) is 2.62. The Morgan fingerprint density at radius 2 is 2.15 bits per heavy atom. The fraction of sp³-hybridized carbons (Fsp3) is 0.250. The quantitative estimate of drug-likeness (QED) is 0.906. The van der Waals surface area contributed by atoms with Crippen LogP contribution in [0.5, 0.6) is 0 Å². The molecule has 2 heterocycles. The summed E-state index contributed by atoms with van der Waals surface area (Å²) < 4.78 is 37.8. The molecule has 2 aromatic rings. The highest BCUT2D eigenvalue weighted by atomic mass is 19.4. The van der Waals surface area contributed by atoms with Gasteiger partial charge in [0.25, 0.3) is 0 Å². The van der Waals surface area contributed by atoms with E-state index in [2.05, 4.69) is 20.5 Å². The maximum absolute atomic E-state index is 12.6. The van der Waals surface area contributed by atoms with Crippen LogP contribution in [0.2, 0.25) is 0 Å². The standard InChI is InChI=1S/C12H10F3N5/c1-7-9(6-18-20-7)5-17-11-8(4-16)2-3-10(19-11)12(13,14)15/h2-3,6H,5H2,1H3,(H,17,19)(H,18,20). The third-order valence-corrected chi connectivity index (χ3v) is 2.69. The Bertz CT molecular complexity index is 654. The number of halogens is 3. The number of rotatable bonds is 3. The van der Waals surface area contributed by atoms with Crippen LogP contribution in [0.3, 0.4) is 0 Å². The molecular formula is C12H10F3N5. The smallest absolute Gasteiger partial charge is 0.365 e. The van der Waals surface area contributed by atoms with Crippen LogP contribution < -0.4 is 5.32 Å². The Balaban J connectivity index is 2.26. The van der Waals surface area contributed by atoms with Crippen LogP contribution in [0.4, 0.5) is 19.0 Å². The molecule has 0 unspecified atom stereocenters. The molecular weight excluding hydrogens is 271 g/mol. The van der Waals surface area contributed by atoms with Crippen molar-refractivity contribution >= 4 is 5.82 Å². The fourth-order valence-corrected chi connectivity index (χ4v) is 1.57. The van der Waals surface area contributed by atoms with Gasteiger partial charge in [0.1, 0.15) is 17.6 Å². The van der Waals surface area contributed by atoms with E-state index >= 15 is 0 Å². The first-order valence-electron chi connectivity index (χ1n) is 5.63. The lowest BCUT2D eigenvalue weighted by Crippen LogP contribution is -2.11. The van der Waals surface area contributed by atoms with Crippen LogP contribution in [0.25, 0.3) is 0 Å². The van der Waals surface area contributed by atoms with Crippen LogP contribution in [-0.2, 0) is 12.7 Å². The molecule has 0 saturated carbocycles. The van der Waals surface area contributed by atoms with Crippen molar-refractivity contribution in [1.29, 1.82) is 5.26 Å². The van der Waals surface area contributed by atoms with Gasteiger partial charge in [0, 0.05) is 17.8 Å². The summed E-state index contributed by atoms with van der Waals surface area (Å²) in [6, 6.07) is 3.69. The van der Waals surface area contributed by atoms with Gasteiger partial charge in [0.2, 0.25) is 0 Å². The number of nitrogens with one attached hydrogen (secondary N) is 2. The molecule has 2 aromatic heterocycles. The number of hydrogen-bond acceptors (Lipinski definition) is 4. The molecule has 2 rings (SSSR count). The van der Waals surface area contributed by atoms with Crippen LogP contribution in [0.15, 0.2) is 18.3 Å². The maximum atomic E-state index is 12.6. The summed E-state index contributed by atoms with van der Waals surface area (Å²) in [6.45, 7) is 2.01. The van der Waals surface area contributed by atoms with Gasteiger partial charge < -0.3 is 5.32 Å². The molecule has 0 aliphatic rings. The molecule has 0 atom stereocenters. The van der Waals surface area contributed by atoms with Crippen LogP contribution in [-0.4, -0.2) is 15.2 Å². The van der Waals surface area contributed by atoms with E-state index in [1.165, 1.54) is 0 Å². The summed E-state index contributed by atoms with van der Waals surface area (Å²) in [6.07, 6.45) is -2.99. The number of aromatic amines is 1. The van der Waals surface area contributed by atoms with Gasteiger partial charge in [-0.1, -0.05) is 0 Å². The van der Waals surface area contributed by atoms with Crippen LogP contribution >= 0.6 is 0 Å². The van der Waals surface area contributed by atoms with E-state index in [-0.39, 0.29) is 17.9 Å². The fourth-order valence-electron chi connectivity index (χ4n) is 1.57. The van der Waals surface area contributed by atoms with E-state index < -0.39 is 11.9 Å². The van der Waals surface area contributed by atoms with E-state index in [1.807, 2.05) is 0 Å². The highest BCUT2D eigenvalue weighted by molar-refractivity contribution is 5.52. The van der Waals surface area contributed by atoms with Crippen LogP contribution in [0, 0.1) is 18.3 Å². The number of H-pyrrole nitrogens is 1. The summed E-state index contributed by atoms with van der Waals surface area (Å²) >= 11 is 0. The molecule has 0 radical (unpaired) electrons. The summed E-state index contributed by atoms with van der Waals surface area (Å²) in [5, 5.41) is 18.1. The molecule has 0 fully saturated rings. The van der Waals surface area contributed by atoms with Gasteiger partial charge in [-0.3, -0.25) is 5.10 Å². The SMILES string of the molecule is Cc1[nH]ncc1CNc1nc(C(F)(F)F)ccc1C#N. The van der Waals surface area contributed by atoms with Gasteiger partial charge in [0.05, 0.1) is 11.8 Å². The minimum atomic E-state index is -4.55. The molecule has 0 amide bonds. The molecule has 5 nitrogen and oxygen atoms in total. The van der Waals surface area contributed by atoms with Gasteiger partial charge >= 0.3 is 6.18 Å². The van der Waals surface area contributed by atoms with E-state index in [0.29, 0.717) is 0 Å². The number of nitriles is 1. The van der Waals surface area contributed by atoms with Gasteiger partial charge in [-0.05, 0) is 19.1 Å². The summed E-state index contributed by atoms with van der Waals surface area (Å²) in [7, 11) is 0. The van der Waals surface area contributed by atoms with Gasteiger partial charge in [0.15, 0.2) is 0 Å². The van der Waals surface area contributed by atoms with E-state index in [9.17, 15) is 13.2 Å². The van der Waals surface area contributed by atoms with Crippen LogP contribution in [0.1, 0.15) is 22.5 Å². The number of aromatic nitrogens is 3. The van der Waals surface area contributed by atoms with E-state index in [1.54, 1.807) is 19.2 Å². The molecule has 0 spiro atoms.